The zero-order valence-electron chi connectivity index (χ0n) is 14.2. The van der Waals surface area contributed by atoms with Crippen molar-refractivity contribution in [2.24, 2.45) is 0 Å². The number of halogens is 1. The van der Waals surface area contributed by atoms with Gasteiger partial charge in [-0.15, -0.1) is 5.10 Å². The Balaban J connectivity index is 1.87. The monoisotopic (exact) mass is 416 g/mol. The van der Waals surface area contributed by atoms with Crippen LogP contribution in [0.15, 0.2) is 41.0 Å². The molecule has 0 aliphatic carbocycles. The molecule has 0 atom stereocenters. The summed E-state index contributed by atoms with van der Waals surface area (Å²) >= 11 is 3.57. The minimum atomic E-state index is -0.451. The zero-order chi connectivity index (χ0) is 18.1. The number of methoxy groups -OCH3 is 1. The summed E-state index contributed by atoms with van der Waals surface area (Å²) in [5, 5.41) is 5.18. The molecular weight excluding hydrogens is 400 g/mol. The van der Waals surface area contributed by atoms with Gasteiger partial charge in [0.25, 0.3) is 0 Å². The summed E-state index contributed by atoms with van der Waals surface area (Å²) in [7, 11) is 1.36. The van der Waals surface area contributed by atoms with Crippen LogP contribution in [0.3, 0.4) is 0 Å². The van der Waals surface area contributed by atoms with Gasteiger partial charge < -0.3 is 14.4 Å². The molecule has 0 unspecified atom stereocenters. The van der Waals surface area contributed by atoms with Crippen LogP contribution in [0.25, 0.3) is 16.7 Å². The quantitative estimate of drug-likeness (QED) is 0.611. The summed E-state index contributed by atoms with van der Waals surface area (Å²) in [4.78, 5) is 18.9. The Bertz CT molecular complexity index is 966. The second-order valence-electron chi connectivity index (χ2n) is 5.89. The number of rotatable bonds is 3. The van der Waals surface area contributed by atoms with Crippen molar-refractivity contribution in [1.29, 1.82) is 0 Å². The average Bonchev–Trinajstić information content (AvgIpc) is 3.07. The van der Waals surface area contributed by atoms with Crippen molar-refractivity contribution in [2.45, 2.75) is 0 Å². The molecule has 0 bridgehead atoms. The van der Waals surface area contributed by atoms with Crippen molar-refractivity contribution in [3.63, 3.8) is 0 Å². The molecule has 26 heavy (non-hydrogen) atoms. The Labute approximate surface area is 158 Å². The Morgan fingerprint density at radius 2 is 2.00 bits per heavy atom. The van der Waals surface area contributed by atoms with E-state index in [-0.39, 0.29) is 0 Å². The molecule has 0 N–H and O–H groups in total. The predicted molar refractivity (Wildman–Crippen MR) is 101 cm³/mol. The van der Waals surface area contributed by atoms with Crippen molar-refractivity contribution >= 4 is 38.6 Å². The first-order valence-electron chi connectivity index (χ1n) is 8.23. The van der Waals surface area contributed by atoms with Crippen LogP contribution in [-0.4, -0.2) is 54.1 Å². The van der Waals surface area contributed by atoms with Crippen LogP contribution in [0, 0.1) is 0 Å². The Kier molecular flexibility index (Phi) is 4.60. The third kappa shape index (κ3) is 3.06. The fourth-order valence-electron chi connectivity index (χ4n) is 3.09. The third-order valence-electron chi connectivity index (χ3n) is 4.32. The van der Waals surface area contributed by atoms with E-state index in [4.69, 9.17) is 9.47 Å². The summed E-state index contributed by atoms with van der Waals surface area (Å²) in [5.74, 6) is -0.451. The maximum Gasteiger partial charge on any atom is 0.357 e. The fraction of sp³-hybridized carbons (Fsp3) is 0.278. The topological polar surface area (TPSA) is 69.5 Å². The van der Waals surface area contributed by atoms with Gasteiger partial charge in [0.15, 0.2) is 11.3 Å². The maximum absolute atomic E-state index is 12.4. The molecule has 3 aromatic rings. The number of ether oxygens (including phenoxy) is 2. The molecular formula is C18H17BrN4O3. The molecule has 2 aromatic heterocycles. The second-order valence-corrected chi connectivity index (χ2v) is 6.81. The van der Waals surface area contributed by atoms with Crippen molar-refractivity contribution in [3.8, 4) is 5.69 Å². The normalized spacial score (nSPS) is 14.6. The molecule has 8 heteroatoms. The molecule has 4 rings (SSSR count). The van der Waals surface area contributed by atoms with Crippen LogP contribution in [-0.2, 0) is 9.47 Å². The number of esters is 1. The molecule has 3 heterocycles. The molecule has 1 aliphatic rings. The number of benzene rings is 1. The number of anilines is 1. The Hall–Kier alpha value is -2.45. The lowest BCUT2D eigenvalue weighted by Gasteiger charge is -2.29. The van der Waals surface area contributed by atoms with E-state index in [9.17, 15) is 4.79 Å². The molecule has 7 nitrogen and oxygen atoms in total. The molecule has 1 saturated heterocycles. The molecule has 0 amide bonds. The summed E-state index contributed by atoms with van der Waals surface area (Å²) in [6.45, 7) is 3.04. The molecule has 0 spiro atoms. The molecule has 0 radical (unpaired) electrons. The standard InChI is InChI=1S/C18H17BrN4O3/c1-25-18(24)16-15-3-2-4-20-17(15)21-23(16)14-10-12(19)9-13(11-14)22-5-7-26-8-6-22/h2-4,9-11H,5-8H2,1H3. The number of aromatic nitrogens is 3. The van der Waals surface area contributed by atoms with Crippen molar-refractivity contribution < 1.29 is 14.3 Å². The second kappa shape index (κ2) is 7.05. The lowest BCUT2D eigenvalue weighted by Crippen LogP contribution is -2.36. The van der Waals surface area contributed by atoms with Crippen molar-refractivity contribution in [1.82, 2.24) is 14.8 Å². The largest absolute Gasteiger partial charge is 0.464 e. The van der Waals surface area contributed by atoms with Gasteiger partial charge in [0.2, 0.25) is 0 Å². The summed E-state index contributed by atoms with van der Waals surface area (Å²) in [5.41, 5.74) is 2.67. The predicted octanol–water partition coefficient (Wildman–Crippen LogP) is 2.81. The molecule has 1 aliphatic heterocycles. The number of carbonyl (C=O) groups excluding carboxylic acids is 1. The summed E-state index contributed by atoms with van der Waals surface area (Å²) < 4.78 is 12.9. The number of morpholine rings is 1. The van der Waals surface area contributed by atoms with Crippen LogP contribution < -0.4 is 4.90 Å². The van der Waals surface area contributed by atoms with Crippen LogP contribution in [0.2, 0.25) is 0 Å². The van der Waals surface area contributed by atoms with Crippen molar-refractivity contribution in [2.75, 3.05) is 38.3 Å². The number of hydrogen-bond acceptors (Lipinski definition) is 6. The highest BCUT2D eigenvalue weighted by molar-refractivity contribution is 9.10. The van der Waals surface area contributed by atoms with Crippen LogP contribution in [0.4, 0.5) is 5.69 Å². The van der Waals surface area contributed by atoms with Crippen molar-refractivity contribution in [3.05, 3.63) is 46.7 Å². The van der Waals surface area contributed by atoms with Gasteiger partial charge in [-0.3, -0.25) is 0 Å². The van der Waals surface area contributed by atoms with E-state index in [1.54, 1.807) is 16.9 Å². The Morgan fingerprint density at radius 3 is 2.77 bits per heavy atom. The number of hydrogen-bond donors (Lipinski definition) is 0. The SMILES string of the molecule is COC(=O)c1c2cccnc2nn1-c1cc(Br)cc(N2CCOCC2)c1. The van der Waals surface area contributed by atoms with E-state index in [0.29, 0.717) is 29.9 Å². The van der Waals surface area contributed by atoms with Crippen LogP contribution >= 0.6 is 15.9 Å². The van der Waals surface area contributed by atoms with E-state index in [2.05, 4.69) is 30.9 Å². The smallest absolute Gasteiger partial charge is 0.357 e. The van der Waals surface area contributed by atoms with Gasteiger partial charge >= 0.3 is 5.97 Å². The first-order valence-corrected chi connectivity index (χ1v) is 9.02. The van der Waals surface area contributed by atoms with E-state index < -0.39 is 5.97 Å². The van der Waals surface area contributed by atoms with E-state index in [1.165, 1.54) is 7.11 Å². The van der Waals surface area contributed by atoms with E-state index in [1.807, 2.05) is 24.3 Å². The highest BCUT2D eigenvalue weighted by Crippen LogP contribution is 2.28. The van der Waals surface area contributed by atoms with Crippen LogP contribution in [0.5, 0.6) is 0 Å². The molecule has 1 fully saturated rings. The van der Waals surface area contributed by atoms with Gasteiger partial charge in [-0.1, -0.05) is 15.9 Å². The molecule has 134 valence electrons. The van der Waals surface area contributed by atoms with E-state index in [0.717, 1.165) is 28.9 Å². The first-order chi connectivity index (χ1) is 12.7. The number of nitrogens with zero attached hydrogens (tertiary/aromatic N) is 4. The van der Waals surface area contributed by atoms with Gasteiger partial charge in [0.05, 0.1) is 31.4 Å². The lowest BCUT2D eigenvalue weighted by atomic mass is 10.2. The highest BCUT2D eigenvalue weighted by atomic mass is 79.9. The van der Waals surface area contributed by atoms with Gasteiger partial charge in [0, 0.05) is 29.4 Å². The average molecular weight is 417 g/mol. The highest BCUT2D eigenvalue weighted by Gasteiger charge is 2.22. The first kappa shape index (κ1) is 17.0. The van der Waals surface area contributed by atoms with Gasteiger partial charge in [-0.05, 0) is 30.3 Å². The fourth-order valence-corrected chi connectivity index (χ4v) is 3.55. The number of pyridine rings is 1. The summed E-state index contributed by atoms with van der Waals surface area (Å²) in [6, 6.07) is 9.57. The minimum absolute atomic E-state index is 0.363. The number of fused-ring (bicyclic) bond motifs is 1. The maximum atomic E-state index is 12.4. The van der Waals surface area contributed by atoms with Gasteiger partial charge in [-0.25, -0.2) is 14.5 Å². The minimum Gasteiger partial charge on any atom is -0.464 e. The molecule has 0 saturated carbocycles. The lowest BCUT2D eigenvalue weighted by molar-refractivity contribution is 0.0592. The molecule has 1 aromatic carbocycles. The van der Waals surface area contributed by atoms with Gasteiger partial charge in [0.1, 0.15) is 0 Å². The van der Waals surface area contributed by atoms with E-state index >= 15 is 0 Å². The van der Waals surface area contributed by atoms with Crippen LogP contribution in [0.1, 0.15) is 10.5 Å². The zero-order valence-corrected chi connectivity index (χ0v) is 15.8. The third-order valence-corrected chi connectivity index (χ3v) is 4.77. The number of carbonyl (C=O) groups is 1. The Morgan fingerprint density at radius 1 is 1.23 bits per heavy atom. The van der Waals surface area contributed by atoms with Gasteiger partial charge in [-0.2, -0.15) is 0 Å². The summed E-state index contributed by atoms with van der Waals surface area (Å²) in [6.07, 6.45) is 1.65.